The molecule has 17 heavy (non-hydrogen) atoms. The molecule has 0 aliphatic heterocycles. The van der Waals surface area contributed by atoms with E-state index in [0.29, 0.717) is 16.7 Å². The van der Waals surface area contributed by atoms with Crippen LogP contribution in [0.1, 0.15) is 21.5 Å². The van der Waals surface area contributed by atoms with Crippen LogP contribution in [0.5, 0.6) is 0 Å². The molecule has 1 rings (SSSR count). The fraction of sp³-hybridized carbons (Fsp3) is 0.364. The Balaban J connectivity index is 0.00000256. The van der Waals surface area contributed by atoms with Crippen LogP contribution in [0.25, 0.3) is 0 Å². The van der Waals surface area contributed by atoms with Crippen LogP contribution in [0, 0.1) is 0 Å². The van der Waals surface area contributed by atoms with Crippen molar-refractivity contribution < 1.29 is 20.5 Å². The highest BCUT2D eigenvalue weighted by Crippen LogP contribution is 2.16. The van der Waals surface area contributed by atoms with Gasteiger partial charge in [0.2, 0.25) is 0 Å². The smallest absolute Gasteiger partial charge is 0.194 e. The van der Waals surface area contributed by atoms with Crippen molar-refractivity contribution in [2.45, 2.75) is 19.2 Å². The predicted molar refractivity (Wildman–Crippen MR) is 63.3 cm³/mol. The number of benzene rings is 1. The lowest BCUT2D eigenvalue weighted by Gasteiger charge is -2.14. The van der Waals surface area contributed by atoms with E-state index in [9.17, 15) is 9.90 Å². The van der Waals surface area contributed by atoms with Gasteiger partial charge in [0.05, 0.1) is 6.61 Å². The van der Waals surface area contributed by atoms with E-state index < -0.39 is 18.5 Å². The largest absolute Gasteiger partial charge is 0.412 e. The Morgan fingerprint density at radius 1 is 1.24 bits per heavy atom. The van der Waals surface area contributed by atoms with Crippen LogP contribution in [0.15, 0.2) is 18.2 Å². The van der Waals surface area contributed by atoms with Crippen LogP contribution in [-0.4, -0.2) is 34.2 Å². The molecule has 0 saturated heterocycles. The molecule has 6 heteroatoms. The summed E-state index contributed by atoms with van der Waals surface area (Å²) in [6.07, 6.45) is -1.42. The second kappa shape index (κ2) is 7.10. The quantitative estimate of drug-likeness (QED) is 0.456. The lowest BCUT2D eigenvalue weighted by Crippen LogP contribution is -2.27. The van der Waals surface area contributed by atoms with Crippen molar-refractivity contribution in [2.24, 2.45) is 11.5 Å². The third-order valence-corrected chi connectivity index (χ3v) is 2.40. The standard InChI is InChI=1S/C11H16N2O3.H2O/c12-4-7-2-1-3-8(5-13)10(7)11(16)9(15)6-14;/h1-3,9,14-15H,4-6,12-13H2;1H2. The number of ketones is 1. The molecule has 0 amide bonds. The molecule has 1 aromatic carbocycles. The fourth-order valence-corrected chi connectivity index (χ4v) is 1.56. The van der Waals surface area contributed by atoms with Crippen LogP contribution < -0.4 is 11.5 Å². The van der Waals surface area contributed by atoms with Crippen LogP contribution >= 0.6 is 0 Å². The first kappa shape index (κ1) is 15.7. The maximum atomic E-state index is 11.8. The van der Waals surface area contributed by atoms with E-state index in [-0.39, 0.29) is 18.6 Å². The molecule has 0 spiro atoms. The molecular formula is C11H18N2O4. The van der Waals surface area contributed by atoms with Crippen molar-refractivity contribution in [3.63, 3.8) is 0 Å². The Morgan fingerprint density at radius 2 is 1.71 bits per heavy atom. The summed E-state index contributed by atoms with van der Waals surface area (Å²) in [5.41, 5.74) is 12.6. The summed E-state index contributed by atoms with van der Waals surface area (Å²) in [4.78, 5) is 11.8. The van der Waals surface area contributed by atoms with Gasteiger partial charge in [-0.1, -0.05) is 18.2 Å². The number of aliphatic hydroxyl groups excluding tert-OH is 2. The van der Waals surface area contributed by atoms with Gasteiger partial charge in [-0.25, -0.2) is 0 Å². The van der Waals surface area contributed by atoms with Gasteiger partial charge in [-0.3, -0.25) is 4.79 Å². The van der Waals surface area contributed by atoms with Crippen LogP contribution in [0.2, 0.25) is 0 Å². The number of carbonyl (C=O) groups is 1. The third-order valence-electron chi connectivity index (χ3n) is 2.40. The number of nitrogens with two attached hydrogens (primary N) is 2. The van der Waals surface area contributed by atoms with Gasteiger partial charge in [0.15, 0.2) is 5.78 Å². The Labute approximate surface area is 99.2 Å². The maximum absolute atomic E-state index is 11.8. The van der Waals surface area contributed by atoms with Crippen LogP contribution in [-0.2, 0) is 13.1 Å². The zero-order chi connectivity index (χ0) is 12.1. The molecule has 6 nitrogen and oxygen atoms in total. The van der Waals surface area contributed by atoms with Crippen molar-refractivity contribution >= 4 is 5.78 Å². The first-order chi connectivity index (χ1) is 7.65. The summed E-state index contributed by atoms with van der Waals surface area (Å²) in [7, 11) is 0. The molecule has 96 valence electrons. The molecule has 1 atom stereocenters. The minimum atomic E-state index is -1.42. The number of aliphatic hydroxyl groups is 2. The zero-order valence-electron chi connectivity index (χ0n) is 9.39. The van der Waals surface area contributed by atoms with Crippen molar-refractivity contribution in [1.82, 2.24) is 0 Å². The van der Waals surface area contributed by atoms with E-state index in [1.807, 2.05) is 0 Å². The van der Waals surface area contributed by atoms with Gasteiger partial charge in [-0.15, -0.1) is 0 Å². The number of hydrogen-bond donors (Lipinski definition) is 4. The summed E-state index contributed by atoms with van der Waals surface area (Å²) in [6, 6.07) is 5.17. The Bertz CT molecular complexity index is 359. The van der Waals surface area contributed by atoms with E-state index in [4.69, 9.17) is 16.6 Å². The van der Waals surface area contributed by atoms with E-state index in [0.717, 1.165) is 0 Å². The molecular weight excluding hydrogens is 224 g/mol. The van der Waals surface area contributed by atoms with Crippen molar-refractivity contribution in [1.29, 1.82) is 0 Å². The van der Waals surface area contributed by atoms with Gasteiger partial charge >= 0.3 is 0 Å². The topological polar surface area (TPSA) is 141 Å². The Morgan fingerprint density at radius 3 is 2.06 bits per heavy atom. The minimum Gasteiger partial charge on any atom is -0.412 e. The lowest BCUT2D eigenvalue weighted by atomic mass is 9.95. The summed E-state index contributed by atoms with van der Waals surface area (Å²) in [5.74, 6) is -0.538. The molecule has 0 fully saturated rings. The van der Waals surface area contributed by atoms with Crippen molar-refractivity contribution in [2.75, 3.05) is 6.61 Å². The minimum absolute atomic E-state index is 0. The normalized spacial score (nSPS) is 11.8. The molecule has 1 unspecified atom stereocenters. The van der Waals surface area contributed by atoms with E-state index in [2.05, 4.69) is 0 Å². The Hall–Kier alpha value is -1.31. The average Bonchev–Trinajstić information content (AvgIpc) is 2.35. The first-order valence-corrected chi connectivity index (χ1v) is 4.99. The average molecular weight is 242 g/mol. The predicted octanol–water partition coefficient (Wildman–Crippen LogP) is -1.68. The van der Waals surface area contributed by atoms with Crippen molar-refractivity contribution in [3.05, 3.63) is 34.9 Å². The second-order valence-corrected chi connectivity index (χ2v) is 3.42. The molecule has 1 aromatic rings. The van der Waals surface area contributed by atoms with E-state index in [1.54, 1.807) is 18.2 Å². The second-order valence-electron chi connectivity index (χ2n) is 3.42. The van der Waals surface area contributed by atoms with Gasteiger partial charge in [-0.2, -0.15) is 0 Å². The molecule has 0 heterocycles. The highest BCUT2D eigenvalue weighted by molar-refractivity contribution is 6.02. The van der Waals surface area contributed by atoms with Crippen molar-refractivity contribution in [3.8, 4) is 0 Å². The maximum Gasteiger partial charge on any atom is 0.194 e. The highest BCUT2D eigenvalue weighted by Gasteiger charge is 2.21. The zero-order valence-corrected chi connectivity index (χ0v) is 9.39. The summed E-state index contributed by atoms with van der Waals surface area (Å²) in [5, 5.41) is 18.1. The summed E-state index contributed by atoms with van der Waals surface area (Å²) >= 11 is 0. The number of hydrogen-bond acceptors (Lipinski definition) is 5. The van der Waals surface area contributed by atoms with Crippen LogP contribution in [0.4, 0.5) is 0 Å². The monoisotopic (exact) mass is 242 g/mol. The number of rotatable bonds is 5. The summed E-state index contributed by atoms with van der Waals surface area (Å²) in [6.45, 7) is -0.234. The summed E-state index contributed by atoms with van der Waals surface area (Å²) < 4.78 is 0. The van der Waals surface area contributed by atoms with Crippen LogP contribution in [0.3, 0.4) is 0 Å². The van der Waals surface area contributed by atoms with Gasteiger partial charge in [0.1, 0.15) is 6.10 Å². The highest BCUT2D eigenvalue weighted by atomic mass is 16.3. The van der Waals surface area contributed by atoms with Gasteiger partial charge < -0.3 is 27.2 Å². The lowest BCUT2D eigenvalue weighted by molar-refractivity contribution is 0.0585. The molecule has 0 radical (unpaired) electrons. The molecule has 0 aromatic heterocycles. The third kappa shape index (κ3) is 3.32. The number of carbonyl (C=O) groups excluding carboxylic acids is 1. The van der Waals surface area contributed by atoms with E-state index in [1.165, 1.54) is 0 Å². The Kier molecular flexibility index (Phi) is 6.55. The van der Waals surface area contributed by atoms with Gasteiger partial charge in [0.25, 0.3) is 0 Å². The molecule has 8 N–H and O–H groups in total. The molecule has 0 aliphatic carbocycles. The van der Waals surface area contributed by atoms with Gasteiger partial charge in [-0.05, 0) is 11.1 Å². The molecule has 0 saturated carbocycles. The molecule has 0 aliphatic rings. The fourth-order valence-electron chi connectivity index (χ4n) is 1.56. The van der Waals surface area contributed by atoms with E-state index >= 15 is 0 Å². The van der Waals surface area contributed by atoms with Gasteiger partial charge in [0, 0.05) is 18.7 Å². The first-order valence-electron chi connectivity index (χ1n) is 4.99. The molecule has 0 bridgehead atoms. The number of Topliss-reactive ketones (excluding diaryl/α,β-unsaturated/α-hetero) is 1. The SMILES string of the molecule is NCc1cccc(CN)c1C(=O)C(O)CO.O.